The average Bonchev–Trinajstić information content (AvgIpc) is 2.11. The van der Waals surface area contributed by atoms with Crippen molar-refractivity contribution in [1.29, 1.82) is 0 Å². The van der Waals surface area contributed by atoms with Crippen molar-refractivity contribution >= 4 is 11.7 Å². The summed E-state index contributed by atoms with van der Waals surface area (Å²) in [4.78, 5) is 23.0. The molecule has 2 rings (SSSR count). The van der Waals surface area contributed by atoms with Crippen LogP contribution in [0.3, 0.4) is 0 Å². The molecule has 0 aromatic carbocycles. The zero-order valence-electron chi connectivity index (χ0n) is 7.77. The Bertz CT molecular complexity index is 245. The molecule has 2 aliphatic rings. The smallest absolute Gasteiger partial charge is 0.221 e. The third kappa shape index (κ3) is 1.47. The first-order valence-corrected chi connectivity index (χ1v) is 5.03. The van der Waals surface area contributed by atoms with Crippen LogP contribution < -0.4 is 5.32 Å². The minimum absolute atomic E-state index is 0.0569. The molecule has 1 unspecified atom stereocenters. The van der Waals surface area contributed by atoms with E-state index in [9.17, 15) is 9.59 Å². The van der Waals surface area contributed by atoms with E-state index in [1.165, 1.54) is 0 Å². The fraction of sp³-hybridized carbons (Fsp3) is 0.800. The Balaban J connectivity index is 2.16. The molecule has 3 heteroatoms. The summed E-state index contributed by atoms with van der Waals surface area (Å²) in [6, 6.07) is 0. The minimum Gasteiger partial charge on any atom is -0.356 e. The van der Waals surface area contributed by atoms with E-state index in [1.807, 2.05) is 0 Å². The Morgan fingerprint density at radius 3 is 2.69 bits per heavy atom. The van der Waals surface area contributed by atoms with E-state index in [0.717, 1.165) is 25.7 Å². The van der Waals surface area contributed by atoms with Crippen LogP contribution >= 0.6 is 0 Å². The largest absolute Gasteiger partial charge is 0.356 e. The van der Waals surface area contributed by atoms with Crippen LogP contribution in [-0.4, -0.2) is 18.2 Å². The molecule has 0 aromatic heterocycles. The van der Waals surface area contributed by atoms with Crippen LogP contribution in [0.2, 0.25) is 0 Å². The highest BCUT2D eigenvalue weighted by Crippen LogP contribution is 2.40. The van der Waals surface area contributed by atoms with Crippen molar-refractivity contribution in [2.45, 2.75) is 38.5 Å². The average molecular weight is 181 g/mol. The molecular formula is C10H15NO2. The molecule has 1 saturated carbocycles. The standard InChI is InChI=1S/C10H15NO2/c12-8-3-1-2-4-10(8)5-6-11-9(13)7-10/h1-7H2,(H,11,13). The normalized spacial score (nSPS) is 34.8. The van der Waals surface area contributed by atoms with Crippen LogP contribution in [0.15, 0.2) is 0 Å². The molecule has 1 atom stereocenters. The Labute approximate surface area is 77.9 Å². The first-order valence-electron chi connectivity index (χ1n) is 5.03. The van der Waals surface area contributed by atoms with Gasteiger partial charge in [0.1, 0.15) is 5.78 Å². The summed E-state index contributed by atoms with van der Waals surface area (Å²) in [5.41, 5.74) is -0.263. The van der Waals surface area contributed by atoms with Crippen molar-refractivity contribution in [2.75, 3.05) is 6.54 Å². The maximum absolute atomic E-state index is 11.7. The molecule has 1 amide bonds. The summed E-state index contributed by atoms with van der Waals surface area (Å²) in [6.07, 6.45) is 5.04. The van der Waals surface area contributed by atoms with Crippen molar-refractivity contribution in [3.63, 3.8) is 0 Å². The molecule has 0 bridgehead atoms. The van der Waals surface area contributed by atoms with Gasteiger partial charge in [0.2, 0.25) is 5.91 Å². The van der Waals surface area contributed by atoms with Gasteiger partial charge in [0, 0.05) is 24.8 Å². The van der Waals surface area contributed by atoms with Crippen LogP contribution in [0.4, 0.5) is 0 Å². The lowest BCUT2D eigenvalue weighted by Gasteiger charge is -2.38. The van der Waals surface area contributed by atoms with Crippen LogP contribution in [0.25, 0.3) is 0 Å². The van der Waals surface area contributed by atoms with Crippen molar-refractivity contribution in [3.05, 3.63) is 0 Å². The second-order valence-corrected chi connectivity index (χ2v) is 4.19. The quantitative estimate of drug-likeness (QED) is 0.606. The van der Waals surface area contributed by atoms with Crippen LogP contribution in [-0.2, 0) is 9.59 Å². The Hall–Kier alpha value is -0.860. The highest BCUT2D eigenvalue weighted by Gasteiger charge is 2.42. The van der Waals surface area contributed by atoms with E-state index in [4.69, 9.17) is 0 Å². The van der Waals surface area contributed by atoms with Gasteiger partial charge in [-0.3, -0.25) is 9.59 Å². The van der Waals surface area contributed by atoms with Gasteiger partial charge in [-0.15, -0.1) is 0 Å². The second-order valence-electron chi connectivity index (χ2n) is 4.19. The number of Topliss-reactive ketones (excluding diaryl/α,β-unsaturated/α-hetero) is 1. The molecule has 2 fully saturated rings. The second kappa shape index (κ2) is 3.13. The Morgan fingerprint density at radius 1 is 1.15 bits per heavy atom. The highest BCUT2D eigenvalue weighted by atomic mass is 16.2. The molecule has 1 aliphatic heterocycles. The van der Waals surface area contributed by atoms with E-state index < -0.39 is 0 Å². The number of carbonyl (C=O) groups excluding carboxylic acids is 2. The third-order valence-corrected chi connectivity index (χ3v) is 3.33. The zero-order valence-corrected chi connectivity index (χ0v) is 7.77. The highest BCUT2D eigenvalue weighted by molar-refractivity contribution is 5.91. The summed E-state index contributed by atoms with van der Waals surface area (Å²) in [5, 5.41) is 2.78. The van der Waals surface area contributed by atoms with Gasteiger partial charge in [-0.1, -0.05) is 6.42 Å². The fourth-order valence-corrected chi connectivity index (χ4v) is 2.50. The van der Waals surface area contributed by atoms with Gasteiger partial charge in [-0.05, 0) is 19.3 Å². The fourth-order valence-electron chi connectivity index (χ4n) is 2.50. The predicted molar refractivity (Wildman–Crippen MR) is 48.2 cm³/mol. The van der Waals surface area contributed by atoms with Gasteiger partial charge in [0.15, 0.2) is 0 Å². The van der Waals surface area contributed by atoms with Gasteiger partial charge in [0.05, 0.1) is 0 Å². The summed E-state index contributed by atoms with van der Waals surface area (Å²) in [7, 11) is 0. The number of amides is 1. The van der Waals surface area contributed by atoms with E-state index in [-0.39, 0.29) is 11.3 Å². The summed E-state index contributed by atoms with van der Waals surface area (Å²) >= 11 is 0. The molecule has 1 spiro atoms. The van der Waals surface area contributed by atoms with Crippen molar-refractivity contribution in [1.82, 2.24) is 5.32 Å². The van der Waals surface area contributed by atoms with Crippen LogP contribution in [0, 0.1) is 5.41 Å². The molecule has 72 valence electrons. The summed E-state index contributed by atoms with van der Waals surface area (Å²) in [5.74, 6) is 0.384. The monoisotopic (exact) mass is 181 g/mol. The first kappa shape index (κ1) is 8.73. The molecule has 1 heterocycles. The zero-order chi connectivity index (χ0) is 9.31. The number of carbonyl (C=O) groups is 2. The Kier molecular flexibility index (Phi) is 2.10. The van der Waals surface area contributed by atoms with Crippen molar-refractivity contribution < 1.29 is 9.59 Å². The number of hydrogen-bond acceptors (Lipinski definition) is 2. The van der Waals surface area contributed by atoms with E-state index >= 15 is 0 Å². The van der Waals surface area contributed by atoms with Gasteiger partial charge in [-0.25, -0.2) is 0 Å². The Morgan fingerprint density at radius 2 is 2.00 bits per heavy atom. The molecule has 1 saturated heterocycles. The molecule has 0 aromatic rings. The SMILES string of the molecule is O=C1CC2(CCCCC2=O)CCN1. The molecule has 3 nitrogen and oxygen atoms in total. The molecular weight excluding hydrogens is 166 g/mol. The van der Waals surface area contributed by atoms with Crippen LogP contribution in [0.1, 0.15) is 38.5 Å². The van der Waals surface area contributed by atoms with E-state index in [1.54, 1.807) is 0 Å². The van der Waals surface area contributed by atoms with E-state index in [0.29, 0.717) is 25.2 Å². The number of nitrogens with one attached hydrogen (secondary N) is 1. The lowest BCUT2D eigenvalue weighted by atomic mass is 9.67. The lowest BCUT2D eigenvalue weighted by Crippen LogP contribution is -2.46. The topological polar surface area (TPSA) is 46.2 Å². The van der Waals surface area contributed by atoms with Gasteiger partial charge < -0.3 is 5.32 Å². The maximum Gasteiger partial charge on any atom is 0.221 e. The predicted octanol–water partition coefficient (Wildman–Crippen LogP) is 1.03. The van der Waals surface area contributed by atoms with Gasteiger partial charge in [0.25, 0.3) is 0 Å². The molecule has 1 aliphatic carbocycles. The number of hydrogen-bond donors (Lipinski definition) is 1. The maximum atomic E-state index is 11.7. The van der Waals surface area contributed by atoms with Crippen LogP contribution in [0.5, 0.6) is 0 Å². The minimum atomic E-state index is -0.263. The molecule has 13 heavy (non-hydrogen) atoms. The van der Waals surface area contributed by atoms with Gasteiger partial charge in [-0.2, -0.15) is 0 Å². The molecule has 0 radical (unpaired) electrons. The lowest BCUT2D eigenvalue weighted by molar-refractivity contribution is -0.140. The van der Waals surface area contributed by atoms with Gasteiger partial charge >= 0.3 is 0 Å². The third-order valence-electron chi connectivity index (χ3n) is 3.33. The van der Waals surface area contributed by atoms with Crippen molar-refractivity contribution in [2.24, 2.45) is 5.41 Å². The molecule has 1 N–H and O–H groups in total. The number of rotatable bonds is 0. The number of piperidine rings is 1. The summed E-state index contributed by atoms with van der Waals surface area (Å²) < 4.78 is 0. The first-order chi connectivity index (χ1) is 6.23. The summed E-state index contributed by atoms with van der Waals surface area (Å²) in [6.45, 7) is 0.685. The van der Waals surface area contributed by atoms with E-state index in [2.05, 4.69) is 5.32 Å². The number of ketones is 1. The van der Waals surface area contributed by atoms with Crippen molar-refractivity contribution in [3.8, 4) is 0 Å².